The molecule has 0 fully saturated rings. The Bertz CT molecular complexity index is 1610. The largest absolute Gasteiger partial charge is 0.487 e. The molecule has 0 unspecified atom stereocenters. The van der Waals surface area contributed by atoms with E-state index in [1.807, 2.05) is 38.2 Å². The Kier molecular flexibility index (Phi) is 6.62. The van der Waals surface area contributed by atoms with E-state index in [0.29, 0.717) is 28.2 Å². The van der Waals surface area contributed by atoms with Gasteiger partial charge in [0.25, 0.3) is 5.91 Å². The number of ether oxygens (including phenoxy) is 1. The number of amides is 1. The van der Waals surface area contributed by atoms with Gasteiger partial charge in [0, 0.05) is 35.2 Å². The van der Waals surface area contributed by atoms with Gasteiger partial charge in [-0.15, -0.1) is 0 Å². The summed E-state index contributed by atoms with van der Waals surface area (Å²) < 4.78 is 27.1. The van der Waals surface area contributed by atoms with E-state index in [1.54, 1.807) is 12.5 Å². The highest BCUT2D eigenvalue weighted by atomic mass is 35.5. The highest BCUT2D eigenvalue weighted by molar-refractivity contribution is 6.31. The summed E-state index contributed by atoms with van der Waals surface area (Å²) in [7, 11) is 3.55. The number of halogens is 2. The van der Waals surface area contributed by atoms with Crippen LogP contribution in [0.2, 0.25) is 5.02 Å². The Balaban J connectivity index is 1.48. The summed E-state index contributed by atoms with van der Waals surface area (Å²) in [5, 5.41) is 7.99. The topological polar surface area (TPSA) is 108 Å². The maximum Gasteiger partial charge on any atom is 0.273 e. The molecule has 0 radical (unpaired) electrons. The SMILES string of the molecule is B[C@@H](NC(=O)c1cocn1)c1cc(F)cc(Cl)c1COc1cccc2c(-c3ncnn3C)cc(C)nc12. The second kappa shape index (κ2) is 10.0. The van der Waals surface area contributed by atoms with Gasteiger partial charge >= 0.3 is 0 Å². The number of oxazole rings is 1. The van der Waals surface area contributed by atoms with Crippen LogP contribution in [0, 0.1) is 12.7 Å². The molecule has 9 nitrogen and oxygen atoms in total. The molecule has 3 heterocycles. The van der Waals surface area contributed by atoms with Gasteiger partial charge in [-0.05, 0) is 36.8 Å². The zero-order valence-electron chi connectivity index (χ0n) is 20.2. The van der Waals surface area contributed by atoms with E-state index in [9.17, 15) is 9.18 Å². The molecule has 0 aliphatic heterocycles. The molecule has 5 rings (SSSR count). The van der Waals surface area contributed by atoms with Gasteiger partial charge in [0.05, 0.1) is 5.02 Å². The van der Waals surface area contributed by atoms with Crippen molar-refractivity contribution in [2.24, 2.45) is 7.05 Å². The van der Waals surface area contributed by atoms with Gasteiger partial charge in [0.15, 0.2) is 17.9 Å². The van der Waals surface area contributed by atoms with E-state index < -0.39 is 17.7 Å². The summed E-state index contributed by atoms with van der Waals surface area (Å²) >= 11 is 6.44. The number of fused-ring (bicyclic) bond motifs is 1. The monoisotopic (exact) mass is 518 g/mol. The van der Waals surface area contributed by atoms with Gasteiger partial charge in [-0.3, -0.25) is 4.79 Å². The third kappa shape index (κ3) is 4.90. The number of aryl methyl sites for hydroxylation is 2. The highest BCUT2D eigenvalue weighted by Gasteiger charge is 2.20. The zero-order chi connectivity index (χ0) is 26.1. The molecule has 1 amide bonds. The number of nitrogens with zero attached hydrogens (tertiary/aromatic N) is 5. The number of rotatable bonds is 7. The normalized spacial score (nSPS) is 12.0. The smallest absolute Gasteiger partial charge is 0.273 e. The predicted octanol–water partition coefficient (Wildman–Crippen LogP) is 3.76. The van der Waals surface area contributed by atoms with Crippen molar-refractivity contribution in [1.29, 1.82) is 0 Å². The molecule has 37 heavy (non-hydrogen) atoms. The summed E-state index contributed by atoms with van der Waals surface area (Å²) in [5.74, 6) is -0.351. The van der Waals surface area contributed by atoms with E-state index in [4.69, 9.17) is 25.7 Å². The Morgan fingerprint density at radius 3 is 2.86 bits per heavy atom. The fourth-order valence-electron chi connectivity index (χ4n) is 4.18. The molecule has 186 valence electrons. The zero-order valence-corrected chi connectivity index (χ0v) is 21.0. The van der Waals surface area contributed by atoms with Gasteiger partial charge in [-0.25, -0.2) is 24.0 Å². The third-order valence-corrected chi connectivity index (χ3v) is 6.27. The van der Waals surface area contributed by atoms with Crippen LogP contribution in [0.3, 0.4) is 0 Å². The number of carbonyl (C=O) groups excluding carboxylic acids is 1. The summed E-state index contributed by atoms with van der Waals surface area (Å²) in [4.78, 5) is 25.4. The molecule has 5 aromatic rings. The van der Waals surface area contributed by atoms with Crippen molar-refractivity contribution in [3.8, 4) is 17.1 Å². The van der Waals surface area contributed by atoms with Crippen LogP contribution in [-0.4, -0.2) is 38.5 Å². The lowest BCUT2D eigenvalue weighted by Crippen LogP contribution is -2.30. The second-order valence-electron chi connectivity index (χ2n) is 8.48. The van der Waals surface area contributed by atoms with Crippen molar-refractivity contribution in [3.05, 3.63) is 88.7 Å². The minimum absolute atomic E-state index is 0.0205. The number of para-hydroxylation sites is 1. The number of hydrogen-bond acceptors (Lipinski definition) is 7. The Morgan fingerprint density at radius 1 is 1.30 bits per heavy atom. The van der Waals surface area contributed by atoms with Gasteiger partial charge < -0.3 is 14.5 Å². The number of hydrogen-bond donors (Lipinski definition) is 1. The van der Waals surface area contributed by atoms with Crippen molar-refractivity contribution in [2.75, 3.05) is 0 Å². The average Bonchev–Trinajstić information content (AvgIpc) is 3.55. The lowest BCUT2D eigenvalue weighted by molar-refractivity contribution is 0.0943. The second-order valence-corrected chi connectivity index (χ2v) is 8.89. The van der Waals surface area contributed by atoms with Gasteiger partial charge in [0.1, 0.15) is 44.1 Å². The molecule has 0 spiro atoms. The van der Waals surface area contributed by atoms with Crippen molar-refractivity contribution in [3.63, 3.8) is 0 Å². The number of benzene rings is 2. The lowest BCUT2D eigenvalue weighted by atomic mass is 9.85. The molecule has 0 aliphatic rings. The van der Waals surface area contributed by atoms with E-state index >= 15 is 0 Å². The van der Waals surface area contributed by atoms with Gasteiger partial charge in [-0.2, -0.15) is 5.10 Å². The van der Waals surface area contributed by atoms with Crippen LogP contribution in [0.5, 0.6) is 5.75 Å². The molecule has 2 aromatic carbocycles. The highest BCUT2D eigenvalue weighted by Crippen LogP contribution is 2.34. The molecule has 0 aliphatic carbocycles. The number of pyridine rings is 1. The molecule has 12 heteroatoms. The van der Waals surface area contributed by atoms with Gasteiger partial charge in [0.2, 0.25) is 0 Å². The van der Waals surface area contributed by atoms with Crippen molar-refractivity contribution in [1.82, 2.24) is 30.0 Å². The fourth-order valence-corrected chi connectivity index (χ4v) is 4.44. The summed E-state index contributed by atoms with van der Waals surface area (Å²) in [6.07, 6.45) is 3.89. The van der Waals surface area contributed by atoms with Crippen LogP contribution < -0.4 is 10.1 Å². The van der Waals surface area contributed by atoms with Crippen LogP contribution in [-0.2, 0) is 13.7 Å². The molecule has 0 bridgehead atoms. The minimum atomic E-state index is -0.591. The first kappa shape index (κ1) is 24.4. The van der Waals surface area contributed by atoms with E-state index in [-0.39, 0.29) is 17.3 Å². The Morgan fingerprint density at radius 2 is 2.14 bits per heavy atom. The van der Waals surface area contributed by atoms with Crippen LogP contribution >= 0.6 is 11.6 Å². The Hall–Kier alpha value is -4.25. The van der Waals surface area contributed by atoms with E-state index in [1.165, 1.54) is 24.7 Å². The number of aromatic nitrogens is 5. The van der Waals surface area contributed by atoms with Gasteiger partial charge in [-0.1, -0.05) is 23.7 Å². The molecule has 0 saturated heterocycles. The third-order valence-electron chi connectivity index (χ3n) is 5.93. The molecule has 0 saturated carbocycles. The van der Waals surface area contributed by atoms with Crippen LogP contribution in [0.25, 0.3) is 22.3 Å². The van der Waals surface area contributed by atoms with E-state index in [0.717, 1.165) is 23.0 Å². The molecular weight excluding hydrogens is 498 g/mol. The van der Waals surface area contributed by atoms with Crippen molar-refractivity contribution in [2.45, 2.75) is 19.5 Å². The first-order valence-corrected chi connectivity index (χ1v) is 11.7. The first-order chi connectivity index (χ1) is 17.8. The van der Waals surface area contributed by atoms with Crippen LogP contribution in [0.15, 0.2) is 59.8 Å². The maximum absolute atomic E-state index is 14.3. The molecule has 3 aromatic heterocycles. The minimum Gasteiger partial charge on any atom is -0.487 e. The van der Waals surface area contributed by atoms with Crippen LogP contribution in [0.1, 0.15) is 33.3 Å². The lowest BCUT2D eigenvalue weighted by Gasteiger charge is -2.20. The van der Waals surface area contributed by atoms with Crippen LogP contribution in [0.4, 0.5) is 4.39 Å². The maximum atomic E-state index is 14.3. The quantitative estimate of drug-likeness (QED) is 0.327. The molecule has 1 atom stereocenters. The average molecular weight is 519 g/mol. The fraction of sp³-hybridized carbons (Fsp3) is 0.160. The van der Waals surface area contributed by atoms with Crippen molar-refractivity contribution < 1.29 is 18.3 Å². The van der Waals surface area contributed by atoms with E-state index in [2.05, 4.69) is 20.4 Å². The standard InChI is InChI=1S/C25H21BClFN6O3/c1-13-6-17(24-29-11-31-34(24)2)15-4-3-5-21(22(15)32-13)37-9-18-16(7-14(28)8-19(18)27)23(26)33-25(35)20-10-36-12-30-20/h3-8,10-12,23H,9,26H2,1-2H3,(H,33,35)/t23-/m0/s1. The van der Waals surface area contributed by atoms with Crippen molar-refractivity contribution >= 4 is 36.3 Å². The number of nitrogens with one attached hydrogen (secondary N) is 1. The molecular formula is C25H21BClFN6O3. The summed E-state index contributed by atoms with van der Waals surface area (Å²) in [6.45, 7) is 1.91. The first-order valence-electron chi connectivity index (χ1n) is 11.4. The summed E-state index contributed by atoms with van der Waals surface area (Å²) in [5.41, 5.74) is 3.43. The predicted molar refractivity (Wildman–Crippen MR) is 137 cm³/mol. The molecule has 1 N–H and O–H groups in total. The number of carbonyl (C=O) groups is 1. The Labute approximate surface area is 217 Å². The summed E-state index contributed by atoms with van der Waals surface area (Å²) in [6, 6.07) is 10.1.